The van der Waals surface area contributed by atoms with Crippen LogP contribution < -0.4 is 5.32 Å². The van der Waals surface area contributed by atoms with Crippen LogP contribution in [0.3, 0.4) is 0 Å². The van der Waals surface area contributed by atoms with E-state index in [1.54, 1.807) is 13.0 Å². The summed E-state index contributed by atoms with van der Waals surface area (Å²) in [6, 6.07) is 15.3. The number of ether oxygens (including phenoxy) is 1. The third-order valence-corrected chi connectivity index (χ3v) is 3.86. The number of esters is 1. The molecule has 0 heterocycles. The van der Waals surface area contributed by atoms with Crippen LogP contribution in [-0.2, 0) is 20.7 Å². The quantitative estimate of drug-likeness (QED) is 0.636. The number of para-hydroxylation sites is 1. The van der Waals surface area contributed by atoms with Gasteiger partial charge in [0.05, 0.1) is 0 Å². The Bertz CT molecular complexity index is 766. The molecule has 0 unspecified atom stereocenters. The van der Waals surface area contributed by atoms with Crippen LogP contribution >= 0.6 is 0 Å². The van der Waals surface area contributed by atoms with Crippen molar-refractivity contribution < 1.29 is 14.3 Å². The molecule has 1 amide bonds. The number of rotatable bonds is 6. The van der Waals surface area contributed by atoms with Gasteiger partial charge in [-0.2, -0.15) is 0 Å². The van der Waals surface area contributed by atoms with Gasteiger partial charge in [-0.05, 0) is 43.0 Å². The summed E-state index contributed by atoms with van der Waals surface area (Å²) in [5.41, 5.74) is 3.72. The van der Waals surface area contributed by atoms with E-state index < -0.39 is 12.1 Å². The van der Waals surface area contributed by atoms with Gasteiger partial charge in [0.15, 0.2) is 6.10 Å². The molecule has 0 spiro atoms. The van der Waals surface area contributed by atoms with Gasteiger partial charge in [-0.3, -0.25) is 4.79 Å². The summed E-state index contributed by atoms with van der Waals surface area (Å²) in [6.07, 6.45) is 2.91. The predicted molar refractivity (Wildman–Crippen MR) is 100 cm³/mol. The fraction of sp³-hybridized carbons (Fsp3) is 0.238. The van der Waals surface area contributed by atoms with E-state index in [0.717, 1.165) is 28.8 Å². The van der Waals surface area contributed by atoms with E-state index in [4.69, 9.17) is 4.74 Å². The Morgan fingerprint density at radius 3 is 2.52 bits per heavy atom. The van der Waals surface area contributed by atoms with E-state index >= 15 is 0 Å². The Morgan fingerprint density at radius 1 is 1.12 bits per heavy atom. The first-order valence-electron chi connectivity index (χ1n) is 8.34. The van der Waals surface area contributed by atoms with E-state index in [9.17, 15) is 9.59 Å². The Hall–Kier alpha value is -2.88. The molecule has 2 aromatic rings. The molecule has 0 aliphatic heterocycles. The molecule has 0 aromatic heterocycles. The lowest BCUT2D eigenvalue weighted by molar-refractivity contribution is -0.148. The number of carbonyl (C=O) groups is 2. The molecule has 4 nitrogen and oxygen atoms in total. The van der Waals surface area contributed by atoms with Crippen LogP contribution in [0.5, 0.6) is 0 Å². The Labute approximate surface area is 148 Å². The topological polar surface area (TPSA) is 55.4 Å². The van der Waals surface area contributed by atoms with Gasteiger partial charge in [0.25, 0.3) is 5.91 Å². The molecule has 1 atom stereocenters. The molecule has 0 aliphatic carbocycles. The fourth-order valence-electron chi connectivity index (χ4n) is 2.42. The van der Waals surface area contributed by atoms with Gasteiger partial charge in [0, 0.05) is 11.8 Å². The van der Waals surface area contributed by atoms with Crippen molar-refractivity contribution in [2.24, 2.45) is 0 Å². The van der Waals surface area contributed by atoms with Crippen LogP contribution in [-0.4, -0.2) is 18.0 Å². The molecule has 0 radical (unpaired) electrons. The maximum Gasteiger partial charge on any atom is 0.331 e. The molecule has 4 heteroatoms. The maximum atomic E-state index is 12.3. The minimum absolute atomic E-state index is 0.342. The van der Waals surface area contributed by atoms with E-state index in [-0.39, 0.29) is 5.91 Å². The third kappa shape index (κ3) is 5.31. The molecule has 0 fully saturated rings. The number of aryl methyl sites for hydroxylation is 2. The molecular weight excluding hydrogens is 314 g/mol. The minimum Gasteiger partial charge on any atom is -0.449 e. The Balaban J connectivity index is 1.96. The standard InChI is InChI=1S/C21H23NO3/c1-4-18-12-8-9-15(2)20(18)22-21(24)16(3)25-19(23)14-13-17-10-6-5-7-11-17/h5-14,16H,4H2,1-3H3,(H,22,24)/b14-13+/t16-/m1/s1. The monoisotopic (exact) mass is 337 g/mol. The number of amides is 1. The Kier molecular flexibility index (Phi) is 6.52. The summed E-state index contributed by atoms with van der Waals surface area (Å²) >= 11 is 0. The average Bonchev–Trinajstić information content (AvgIpc) is 2.62. The molecule has 0 saturated heterocycles. The molecule has 25 heavy (non-hydrogen) atoms. The number of benzene rings is 2. The van der Waals surface area contributed by atoms with Crippen LogP contribution in [0.4, 0.5) is 5.69 Å². The molecule has 2 aromatic carbocycles. The molecular formula is C21H23NO3. The van der Waals surface area contributed by atoms with E-state index in [0.29, 0.717) is 0 Å². The van der Waals surface area contributed by atoms with Crippen molar-refractivity contribution in [2.45, 2.75) is 33.3 Å². The van der Waals surface area contributed by atoms with Crippen LogP contribution in [0.2, 0.25) is 0 Å². The summed E-state index contributed by atoms with van der Waals surface area (Å²) in [5.74, 6) is -0.891. The lowest BCUT2D eigenvalue weighted by atomic mass is 10.1. The summed E-state index contributed by atoms with van der Waals surface area (Å²) in [6.45, 7) is 5.53. The van der Waals surface area contributed by atoms with Crippen molar-refractivity contribution in [1.29, 1.82) is 0 Å². The summed E-state index contributed by atoms with van der Waals surface area (Å²) < 4.78 is 5.18. The number of carbonyl (C=O) groups excluding carboxylic acids is 2. The highest BCUT2D eigenvalue weighted by Gasteiger charge is 2.18. The molecule has 2 rings (SSSR count). The number of hydrogen-bond acceptors (Lipinski definition) is 3. The normalized spacial score (nSPS) is 12.0. The van der Waals surface area contributed by atoms with Crippen molar-refractivity contribution >= 4 is 23.6 Å². The second-order valence-corrected chi connectivity index (χ2v) is 5.77. The third-order valence-electron chi connectivity index (χ3n) is 3.86. The smallest absolute Gasteiger partial charge is 0.331 e. The molecule has 0 bridgehead atoms. The van der Waals surface area contributed by atoms with Gasteiger partial charge < -0.3 is 10.1 Å². The van der Waals surface area contributed by atoms with Gasteiger partial charge in [-0.15, -0.1) is 0 Å². The van der Waals surface area contributed by atoms with Gasteiger partial charge in [0.1, 0.15) is 0 Å². The van der Waals surface area contributed by atoms with Gasteiger partial charge in [-0.1, -0.05) is 55.5 Å². The van der Waals surface area contributed by atoms with Crippen LogP contribution in [0, 0.1) is 6.92 Å². The molecule has 130 valence electrons. The first kappa shape index (κ1) is 18.5. The lowest BCUT2D eigenvalue weighted by Gasteiger charge is -2.16. The number of nitrogens with one attached hydrogen (secondary N) is 1. The van der Waals surface area contributed by atoms with E-state index in [1.807, 2.05) is 62.4 Å². The Morgan fingerprint density at radius 2 is 1.84 bits per heavy atom. The zero-order valence-electron chi connectivity index (χ0n) is 14.8. The first-order chi connectivity index (χ1) is 12.0. The van der Waals surface area contributed by atoms with Crippen molar-refractivity contribution in [3.05, 3.63) is 71.3 Å². The molecule has 1 N–H and O–H groups in total. The first-order valence-corrected chi connectivity index (χ1v) is 8.34. The van der Waals surface area contributed by atoms with Crippen molar-refractivity contribution in [3.63, 3.8) is 0 Å². The second kappa shape index (κ2) is 8.83. The largest absolute Gasteiger partial charge is 0.449 e. The fourth-order valence-corrected chi connectivity index (χ4v) is 2.42. The second-order valence-electron chi connectivity index (χ2n) is 5.77. The zero-order chi connectivity index (χ0) is 18.2. The van der Waals surface area contributed by atoms with E-state index in [2.05, 4.69) is 5.32 Å². The van der Waals surface area contributed by atoms with Crippen LogP contribution in [0.25, 0.3) is 6.08 Å². The summed E-state index contributed by atoms with van der Waals surface area (Å²) in [5, 5.41) is 2.87. The van der Waals surface area contributed by atoms with Crippen molar-refractivity contribution in [2.75, 3.05) is 5.32 Å². The van der Waals surface area contributed by atoms with Crippen LogP contribution in [0.15, 0.2) is 54.6 Å². The van der Waals surface area contributed by atoms with Gasteiger partial charge >= 0.3 is 5.97 Å². The highest BCUT2D eigenvalue weighted by molar-refractivity contribution is 5.97. The minimum atomic E-state index is -0.878. The predicted octanol–water partition coefficient (Wildman–Crippen LogP) is 4.14. The van der Waals surface area contributed by atoms with Crippen molar-refractivity contribution in [1.82, 2.24) is 0 Å². The molecule has 0 aliphatic rings. The van der Waals surface area contributed by atoms with Crippen molar-refractivity contribution in [3.8, 4) is 0 Å². The highest BCUT2D eigenvalue weighted by Crippen LogP contribution is 2.21. The summed E-state index contributed by atoms with van der Waals surface area (Å²) in [4.78, 5) is 24.2. The zero-order valence-corrected chi connectivity index (χ0v) is 14.8. The highest BCUT2D eigenvalue weighted by atomic mass is 16.5. The summed E-state index contributed by atoms with van der Waals surface area (Å²) in [7, 11) is 0. The van der Waals surface area contributed by atoms with Gasteiger partial charge in [-0.25, -0.2) is 4.79 Å². The number of hydrogen-bond donors (Lipinski definition) is 1. The lowest BCUT2D eigenvalue weighted by Crippen LogP contribution is -2.30. The average molecular weight is 337 g/mol. The maximum absolute atomic E-state index is 12.3. The van der Waals surface area contributed by atoms with Crippen LogP contribution in [0.1, 0.15) is 30.5 Å². The van der Waals surface area contributed by atoms with Gasteiger partial charge in [0.2, 0.25) is 0 Å². The number of anilines is 1. The SMILES string of the molecule is CCc1cccc(C)c1NC(=O)[C@@H](C)OC(=O)/C=C/c1ccccc1. The molecule has 0 saturated carbocycles. The van der Waals surface area contributed by atoms with E-state index in [1.165, 1.54) is 6.08 Å².